The van der Waals surface area contributed by atoms with Crippen molar-refractivity contribution in [3.05, 3.63) is 78.2 Å². The molecule has 2 aromatic carbocycles. The molecular formula is C22H27IN4O2. The minimum absolute atomic E-state index is 0. The lowest BCUT2D eigenvalue weighted by molar-refractivity contribution is 0.0617. The van der Waals surface area contributed by atoms with Crippen LogP contribution in [0.5, 0.6) is 0 Å². The van der Waals surface area contributed by atoms with Gasteiger partial charge in [0.1, 0.15) is 17.6 Å². The first kappa shape index (κ1) is 22.9. The summed E-state index contributed by atoms with van der Waals surface area (Å²) in [5.41, 5.74) is 1.51. The Morgan fingerprint density at radius 1 is 1.07 bits per heavy atom. The topological polar surface area (TPSA) is 82.7 Å². The van der Waals surface area contributed by atoms with Gasteiger partial charge in [-0.2, -0.15) is 0 Å². The smallest absolute Gasteiger partial charge is 0.226 e. The van der Waals surface area contributed by atoms with Gasteiger partial charge in [0.2, 0.25) is 5.89 Å². The fraction of sp³-hybridized carbons (Fsp3) is 0.273. The summed E-state index contributed by atoms with van der Waals surface area (Å²) in [6.07, 6.45) is 1.62. The van der Waals surface area contributed by atoms with Crippen LogP contribution in [-0.4, -0.2) is 29.1 Å². The average molecular weight is 506 g/mol. The zero-order valence-corrected chi connectivity index (χ0v) is 19.0. The normalized spacial score (nSPS) is 13.3. The number of aliphatic imine (C=N–C) groups is 1. The first-order chi connectivity index (χ1) is 13.6. The first-order valence-corrected chi connectivity index (χ1v) is 9.38. The molecule has 6 nitrogen and oxygen atoms in total. The van der Waals surface area contributed by atoms with Crippen molar-refractivity contribution in [2.24, 2.45) is 4.99 Å². The summed E-state index contributed by atoms with van der Waals surface area (Å²) in [5.74, 6) is 1.19. The fourth-order valence-corrected chi connectivity index (χ4v) is 2.75. The highest BCUT2D eigenvalue weighted by Gasteiger charge is 2.23. The predicted octanol–water partition coefficient (Wildman–Crippen LogP) is 3.92. The van der Waals surface area contributed by atoms with Crippen LogP contribution in [0, 0.1) is 0 Å². The highest BCUT2D eigenvalue weighted by Crippen LogP contribution is 2.19. The molecule has 29 heavy (non-hydrogen) atoms. The van der Waals surface area contributed by atoms with Crippen molar-refractivity contribution in [3.8, 4) is 11.5 Å². The lowest BCUT2D eigenvalue weighted by Crippen LogP contribution is -2.44. The van der Waals surface area contributed by atoms with Gasteiger partial charge in [-0.25, -0.2) is 9.98 Å². The van der Waals surface area contributed by atoms with Crippen LogP contribution in [0.25, 0.3) is 11.5 Å². The van der Waals surface area contributed by atoms with Gasteiger partial charge in [0.05, 0.1) is 13.1 Å². The first-order valence-electron chi connectivity index (χ1n) is 9.38. The van der Waals surface area contributed by atoms with E-state index >= 15 is 0 Å². The van der Waals surface area contributed by atoms with Gasteiger partial charge in [-0.15, -0.1) is 24.0 Å². The summed E-state index contributed by atoms with van der Waals surface area (Å²) in [6.45, 7) is 5.20. The van der Waals surface area contributed by atoms with Gasteiger partial charge in [0, 0.05) is 12.1 Å². The van der Waals surface area contributed by atoms with Crippen LogP contribution in [0.1, 0.15) is 25.1 Å². The quantitative estimate of drug-likeness (QED) is 0.257. The molecule has 0 radical (unpaired) electrons. The van der Waals surface area contributed by atoms with Gasteiger partial charge in [0.25, 0.3) is 0 Å². The van der Waals surface area contributed by atoms with Crippen LogP contribution in [0.4, 0.5) is 0 Å². The third-order valence-electron chi connectivity index (χ3n) is 4.31. The van der Waals surface area contributed by atoms with Gasteiger partial charge >= 0.3 is 0 Å². The summed E-state index contributed by atoms with van der Waals surface area (Å²) in [5, 5.41) is 17.1. The molecule has 1 aromatic heterocycles. The summed E-state index contributed by atoms with van der Waals surface area (Å²) in [7, 11) is 0. The number of oxazole rings is 1. The number of rotatable bonds is 7. The molecule has 3 aromatic rings. The SMILES string of the molecule is CCNC(=NCc1coc(-c2ccccc2)n1)NCC(C)(O)c1ccccc1.I. The zero-order chi connectivity index (χ0) is 19.8. The van der Waals surface area contributed by atoms with E-state index in [1.807, 2.05) is 67.6 Å². The third kappa shape index (κ3) is 6.57. The van der Waals surface area contributed by atoms with Crippen molar-refractivity contribution in [3.63, 3.8) is 0 Å². The van der Waals surface area contributed by atoms with Crippen molar-refractivity contribution in [2.45, 2.75) is 26.0 Å². The molecule has 0 aliphatic carbocycles. The fourth-order valence-electron chi connectivity index (χ4n) is 2.75. The van der Waals surface area contributed by atoms with Crippen LogP contribution < -0.4 is 10.6 Å². The second kappa shape index (κ2) is 11.0. The van der Waals surface area contributed by atoms with Gasteiger partial charge in [-0.3, -0.25) is 0 Å². The number of hydrogen-bond donors (Lipinski definition) is 3. The van der Waals surface area contributed by atoms with E-state index < -0.39 is 5.60 Å². The van der Waals surface area contributed by atoms with E-state index in [-0.39, 0.29) is 24.0 Å². The zero-order valence-electron chi connectivity index (χ0n) is 16.6. The van der Waals surface area contributed by atoms with Crippen LogP contribution >= 0.6 is 24.0 Å². The van der Waals surface area contributed by atoms with Crippen molar-refractivity contribution < 1.29 is 9.52 Å². The number of halogens is 1. The monoisotopic (exact) mass is 506 g/mol. The Morgan fingerprint density at radius 2 is 1.72 bits per heavy atom. The molecule has 1 heterocycles. The van der Waals surface area contributed by atoms with E-state index in [1.54, 1.807) is 13.2 Å². The summed E-state index contributed by atoms with van der Waals surface area (Å²) < 4.78 is 5.55. The van der Waals surface area contributed by atoms with Crippen molar-refractivity contribution >= 4 is 29.9 Å². The van der Waals surface area contributed by atoms with E-state index in [0.29, 0.717) is 31.5 Å². The van der Waals surface area contributed by atoms with Crippen LogP contribution in [-0.2, 0) is 12.1 Å². The molecule has 0 aliphatic rings. The Hall–Kier alpha value is -2.39. The summed E-state index contributed by atoms with van der Waals surface area (Å²) in [6, 6.07) is 19.3. The largest absolute Gasteiger partial charge is 0.444 e. The number of aliphatic hydroxyl groups is 1. The Bertz CT molecular complexity index is 895. The molecular weight excluding hydrogens is 479 g/mol. The average Bonchev–Trinajstić information content (AvgIpc) is 3.20. The summed E-state index contributed by atoms with van der Waals surface area (Å²) >= 11 is 0. The molecule has 7 heteroatoms. The van der Waals surface area contributed by atoms with Gasteiger partial charge in [-0.05, 0) is 31.5 Å². The molecule has 0 spiro atoms. The summed E-state index contributed by atoms with van der Waals surface area (Å²) in [4.78, 5) is 9.04. The van der Waals surface area contributed by atoms with Crippen LogP contribution in [0.15, 0.2) is 76.3 Å². The van der Waals surface area contributed by atoms with E-state index in [1.165, 1.54) is 0 Å². The van der Waals surface area contributed by atoms with E-state index in [0.717, 1.165) is 16.8 Å². The predicted molar refractivity (Wildman–Crippen MR) is 126 cm³/mol. The van der Waals surface area contributed by atoms with Crippen molar-refractivity contribution in [1.82, 2.24) is 15.6 Å². The highest BCUT2D eigenvalue weighted by atomic mass is 127. The number of nitrogens with zero attached hydrogens (tertiary/aromatic N) is 2. The number of benzene rings is 2. The van der Waals surface area contributed by atoms with E-state index in [2.05, 4.69) is 20.6 Å². The molecule has 0 amide bonds. The van der Waals surface area contributed by atoms with Gasteiger partial charge < -0.3 is 20.2 Å². The van der Waals surface area contributed by atoms with E-state index in [9.17, 15) is 5.11 Å². The molecule has 1 atom stereocenters. The molecule has 0 saturated carbocycles. The van der Waals surface area contributed by atoms with E-state index in [4.69, 9.17) is 4.42 Å². The number of hydrogen-bond acceptors (Lipinski definition) is 4. The number of nitrogens with one attached hydrogen (secondary N) is 2. The highest BCUT2D eigenvalue weighted by molar-refractivity contribution is 14.0. The van der Waals surface area contributed by atoms with Gasteiger partial charge in [0.15, 0.2) is 5.96 Å². The Balaban J connectivity index is 0.00000300. The molecule has 0 aliphatic heterocycles. The minimum Gasteiger partial charge on any atom is -0.444 e. The molecule has 0 bridgehead atoms. The maximum Gasteiger partial charge on any atom is 0.226 e. The number of aromatic nitrogens is 1. The lowest BCUT2D eigenvalue weighted by Gasteiger charge is -2.25. The van der Waals surface area contributed by atoms with Crippen molar-refractivity contribution in [2.75, 3.05) is 13.1 Å². The second-order valence-electron chi connectivity index (χ2n) is 6.70. The Labute approximate surface area is 188 Å². The van der Waals surface area contributed by atoms with Crippen molar-refractivity contribution in [1.29, 1.82) is 0 Å². The molecule has 1 unspecified atom stereocenters. The maximum absolute atomic E-state index is 10.7. The standard InChI is InChI=1S/C22H26N4O2.HI/c1-3-23-21(25-16-22(2,27)18-12-8-5-9-13-18)24-14-19-15-28-20(26-19)17-10-6-4-7-11-17;/h4-13,15,27H,3,14,16H2,1-2H3,(H2,23,24,25);1H. The van der Waals surface area contributed by atoms with Gasteiger partial charge in [-0.1, -0.05) is 48.5 Å². The molecule has 3 rings (SSSR count). The Kier molecular flexibility index (Phi) is 8.66. The minimum atomic E-state index is -1.01. The lowest BCUT2D eigenvalue weighted by atomic mass is 9.96. The molecule has 0 fully saturated rings. The molecule has 3 N–H and O–H groups in total. The second-order valence-corrected chi connectivity index (χ2v) is 6.70. The number of guanidine groups is 1. The third-order valence-corrected chi connectivity index (χ3v) is 4.31. The van der Waals surface area contributed by atoms with Crippen LogP contribution in [0.3, 0.4) is 0 Å². The molecule has 154 valence electrons. The Morgan fingerprint density at radius 3 is 2.38 bits per heavy atom. The molecule has 0 saturated heterocycles. The maximum atomic E-state index is 10.7. The van der Waals surface area contributed by atoms with Crippen LogP contribution in [0.2, 0.25) is 0 Å².